The standard InChI is InChI=1S/C22H21Cl2N3OS2/c1-14(3-4-15-5-9-17(29-2)10-6-15)25-21(28)19-13-20(24)26-27-22(19)30-18-11-7-16(23)8-12-18/h5-14H,3-4H2,1-2H3,(H,25,28). The molecule has 2 aromatic carbocycles. The minimum Gasteiger partial charge on any atom is -0.349 e. The van der Waals surface area contributed by atoms with Gasteiger partial charge in [0.15, 0.2) is 5.15 Å². The number of thioether (sulfide) groups is 1. The first kappa shape index (κ1) is 22.9. The van der Waals surface area contributed by atoms with Crippen molar-refractivity contribution in [3.05, 3.63) is 75.9 Å². The third-order valence-electron chi connectivity index (χ3n) is 4.41. The number of aryl methyl sites for hydroxylation is 1. The summed E-state index contributed by atoms with van der Waals surface area (Å²) in [4.78, 5) is 15.0. The smallest absolute Gasteiger partial charge is 0.254 e. The van der Waals surface area contributed by atoms with E-state index < -0.39 is 0 Å². The topological polar surface area (TPSA) is 54.9 Å². The number of hydrogen-bond acceptors (Lipinski definition) is 5. The molecule has 3 rings (SSSR count). The molecule has 0 saturated heterocycles. The second-order valence-electron chi connectivity index (χ2n) is 6.70. The van der Waals surface area contributed by atoms with Gasteiger partial charge in [-0.1, -0.05) is 47.1 Å². The molecular formula is C22H21Cl2N3OS2. The summed E-state index contributed by atoms with van der Waals surface area (Å²) in [5.74, 6) is -0.214. The van der Waals surface area contributed by atoms with Gasteiger partial charge in [0.1, 0.15) is 5.03 Å². The highest BCUT2D eigenvalue weighted by Gasteiger charge is 2.18. The van der Waals surface area contributed by atoms with Gasteiger partial charge in [0.2, 0.25) is 0 Å². The lowest BCUT2D eigenvalue weighted by atomic mass is 10.1. The fourth-order valence-corrected chi connectivity index (χ4v) is 4.28. The van der Waals surface area contributed by atoms with E-state index in [-0.39, 0.29) is 17.1 Å². The van der Waals surface area contributed by atoms with Crippen LogP contribution in [0.2, 0.25) is 10.2 Å². The van der Waals surface area contributed by atoms with Crippen molar-refractivity contribution in [1.29, 1.82) is 0 Å². The molecule has 0 radical (unpaired) electrons. The van der Waals surface area contributed by atoms with Crippen LogP contribution in [-0.2, 0) is 6.42 Å². The van der Waals surface area contributed by atoms with Crippen molar-refractivity contribution in [2.45, 2.75) is 40.6 Å². The molecule has 8 heteroatoms. The van der Waals surface area contributed by atoms with E-state index >= 15 is 0 Å². The predicted octanol–water partition coefficient (Wildman–Crippen LogP) is 6.41. The van der Waals surface area contributed by atoms with Crippen molar-refractivity contribution < 1.29 is 4.79 Å². The quantitative estimate of drug-likeness (QED) is 0.379. The minimum absolute atomic E-state index is 0.00181. The monoisotopic (exact) mass is 477 g/mol. The maximum atomic E-state index is 12.9. The molecule has 1 aromatic heterocycles. The zero-order chi connectivity index (χ0) is 21.5. The van der Waals surface area contributed by atoms with E-state index in [0.717, 1.165) is 17.7 Å². The van der Waals surface area contributed by atoms with Crippen molar-refractivity contribution in [1.82, 2.24) is 15.5 Å². The van der Waals surface area contributed by atoms with Crippen molar-refractivity contribution in [2.24, 2.45) is 0 Å². The zero-order valence-corrected chi connectivity index (χ0v) is 19.7. The Morgan fingerprint density at radius 3 is 2.37 bits per heavy atom. The molecule has 0 fully saturated rings. The summed E-state index contributed by atoms with van der Waals surface area (Å²) in [6, 6.07) is 17.4. The number of aromatic nitrogens is 2. The van der Waals surface area contributed by atoms with E-state index in [1.807, 2.05) is 19.1 Å². The largest absolute Gasteiger partial charge is 0.349 e. The highest BCUT2D eigenvalue weighted by Crippen LogP contribution is 2.30. The molecule has 4 nitrogen and oxygen atoms in total. The van der Waals surface area contributed by atoms with Crippen molar-refractivity contribution in [2.75, 3.05) is 6.26 Å². The van der Waals surface area contributed by atoms with Gasteiger partial charge in [0.25, 0.3) is 5.91 Å². The van der Waals surface area contributed by atoms with Gasteiger partial charge >= 0.3 is 0 Å². The highest BCUT2D eigenvalue weighted by molar-refractivity contribution is 7.99. The molecule has 1 unspecified atom stereocenters. The molecule has 0 saturated carbocycles. The Balaban J connectivity index is 1.64. The summed E-state index contributed by atoms with van der Waals surface area (Å²) in [6.45, 7) is 2.00. The fraction of sp³-hybridized carbons (Fsp3) is 0.227. The predicted molar refractivity (Wildman–Crippen MR) is 126 cm³/mol. The van der Waals surface area contributed by atoms with Gasteiger partial charge in [-0.3, -0.25) is 4.79 Å². The number of hydrogen-bond donors (Lipinski definition) is 1. The van der Waals surface area contributed by atoms with Crippen molar-refractivity contribution in [3.63, 3.8) is 0 Å². The Hall–Kier alpha value is -1.73. The number of nitrogens with one attached hydrogen (secondary N) is 1. The van der Waals surface area contributed by atoms with Gasteiger partial charge < -0.3 is 5.32 Å². The molecule has 3 aromatic rings. The first-order valence-corrected chi connectivity index (χ1v) is 12.1. The molecule has 0 aliphatic carbocycles. The Kier molecular flexibility index (Phi) is 8.45. The van der Waals surface area contributed by atoms with Gasteiger partial charge in [-0.05, 0) is 74.0 Å². The van der Waals surface area contributed by atoms with Gasteiger partial charge in [-0.15, -0.1) is 22.0 Å². The molecule has 1 atom stereocenters. The number of nitrogens with zero attached hydrogens (tertiary/aromatic N) is 2. The lowest BCUT2D eigenvalue weighted by Crippen LogP contribution is -2.33. The van der Waals surface area contributed by atoms with Crippen LogP contribution in [-0.4, -0.2) is 28.4 Å². The van der Waals surface area contributed by atoms with E-state index in [9.17, 15) is 4.79 Å². The van der Waals surface area contributed by atoms with E-state index in [2.05, 4.69) is 46.0 Å². The molecule has 1 amide bonds. The third-order valence-corrected chi connectivity index (χ3v) is 6.59. The normalized spacial score (nSPS) is 11.9. The summed E-state index contributed by atoms with van der Waals surface area (Å²) >= 11 is 15.0. The molecule has 0 spiro atoms. The van der Waals surface area contributed by atoms with Crippen LogP contribution in [0.3, 0.4) is 0 Å². The molecule has 156 valence electrons. The number of rotatable bonds is 8. The van der Waals surface area contributed by atoms with Crippen LogP contribution in [0.1, 0.15) is 29.3 Å². The average Bonchev–Trinajstić information content (AvgIpc) is 2.75. The summed E-state index contributed by atoms with van der Waals surface area (Å²) in [5.41, 5.74) is 1.66. The summed E-state index contributed by atoms with van der Waals surface area (Å²) in [7, 11) is 0. The number of carbonyl (C=O) groups excluding carboxylic acids is 1. The van der Waals surface area contributed by atoms with E-state index in [4.69, 9.17) is 23.2 Å². The molecule has 1 N–H and O–H groups in total. The summed E-state index contributed by atoms with van der Waals surface area (Å²) in [6.07, 6.45) is 3.78. The third kappa shape index (κ3) is 6.64. The van der Waals surface area contributed by atoms with Crippen LogP contribution >= 0.6 is 46.7 Å². The second-order valence-corrected chi connectivity index (χ2v) is 9.47. The Labute approximate surface area is 195 Å². The van der Waals surface area contributed by atoms with Gasteiger partial charge in [-0.2, -0.15) is 0 Å². The number of amides is 1. The van der Waals surface area contributed by atoms with Crippen molar-refractivity contribution in [3.8, 4) is 0 Å². The summed E-state index contributed by atoms with van der Waals surface area (Å²) in [5, 5.41) is 12.4. The maximum Gasteiger partial charge on any atom is 0.254 e. The zero-order valence-electron chi connectivity index (χ0n) is 16.6. The molecule has 30 heavy (non-hydrogen) atoms. The Morgan fingerprint density at radius 1 is 1.03 bits per heavy atom. The molecule has 0 aliphatic heterocycles. The summed E-state index contributed by atoms with van der Waals surface area (Å²) < 4.78 is 0. The van der Waals surface area contributed by atoms with Crippen molar-refractivity contribution >= 4 is 52.6 Å². The van der Waals surface area contributed by atoms with E-state index in [0.29, 0.717) is 15.6 Å². The van der Waals surface area contributed by atoms with Gasteiger partial charge in [-0.25, -0.2) is 0 Å². The Bertz CT molecular complexity index is 998. The van der Waals surface area contributed by atoms with Crippen LogP contribution in [0.25, 0.3) is 0 Å². The Morgan fingerprint density at radius 2 is 1.70 bits per heavy atom. The van der Waals surface area contributed by atoms with E-state index in [1.54, 1.807) is 30.0 Å². The minimum atomic E-state index is -0.214. The highest BCUT2D eigenvalue weighted by atomic mass is 35.5. The lowest BCUT2D eigenvalue weighted by molar-refractivity contribution is 0.0934. The van der Waals surface area contributed by atoms with Gasteiger partial charge in [0, 0.05) is 20.9 Å². The molecule has 1 heterocycles. The number of carbonyl (C=O) groups is 1. The molecular weight excluding hydrogens is 457 g/mol. The maximum absolute atomic E-state index is 12.9. The van der Waals surface area contributed by atoms with Gasteiger partial charge in [0.05, 0.1) is 5.56 Å². The average molecular weight is 478 g/mol. The second kappa shape index (κ2) is 11.0. The van der Waals surface area contributed by atoms with Crippen LogP contribution in [0.15, 0.2) is 69.4 Å². The van der Waals surface area contributed by atoms with E-state index in [1.165, 1.54) is 22.2 Å². The SMILES string of the molecule is CSc1ccc(CCC(C)NC(=O)c2cc(Cl)nnc2Sc2ccc(Cl)cc2)cc1. The number of benzene rings is 2. The first-order valence-electron chi connectivity index (χ1n) is 9.35. The molecule has 0 bridgehead atoms. The van der Waals surface area contributed by atoms with Crippen LogP contribution < -0.4 is 5.32 Å². The fourth-order valence-electron chi connectivity index (χ4n) is 2.76. The van der Waals surface area contributed by atoms with Crippen LogP contribution in [0, 0.1) is 0 Å². The molecule has 0 aliphatic rings. The van der Waals surface area contributed by atoms with Crippen LogP contribution in [0.5, 0.6) is 0 Å². The lowest BCUT2D eigenvalue weighted by Gasteiger charge is -2.15. The van der Waals surface area contributed by atoms with Crippen LogP contribution in [0.4, 0.5) is 0 Å². The first-order chi connectivity index (χ1) is 14.4. The number of halogens is 2.